The van der Waals surface area contributed by atoms with Gasteiger partial charge in [0.1, 0.15) is 6.04 Å². The Bertz CT molecular complexity index is 301. The summed E-state index contributed by atoms with van der Waals surface area (Å²) in [7, 11) is 1.40. The van der Waals surface area contributed by atoms with Crippen LogP contribution in [0, 0.1) is 5.92 Å². The van der Waals surface area contributed by atoms with Gasteiger partial charge in [-0.3, -0.25) is 14.5 Å². The van der Waals surface area contributed by atoms with E-state index in [1.165, 1.54) is 7.11 Å². The first-order chi connectivity index (χ1) is 8.49. The minimum atomic E-state index is -0.266. The quantitative estimate of drug-likeness (QED) is 0.684. The van der Waals surface area contributed by atoms with Crippen molar-refractivity contribution in [3.63, 3.8) is 0 Å². The predicted molar refractivity (Wildman–Crippen MR) is 69.1 cm³/mol. The highest BCUT2D eigenvalue weighted by atomic mass is 16.5. The van der Waals surface area contributed by atoms with Gasteiger partial charge in [-0.25, -0.2) is 0 Å². The molecular formula is C13H24N2O3. The van der Waals surface area contributed by atoms with Crippen LogP contribution in [0.15, 0.2) is 0 Å². The molecule has 0 aromatic carbocycles. The highest BCUT2D eigenvalue weighted by molar-refractivity contribution is 5.81. The maximum absolute atomic E-state index is 11.8. The van der Waals surface area contributed by atoms with E-state index in [4.69, 9.17) is 4.74 Å². The lowest BCUT2D eigenvalue weighted by atomic mass is 10.1. The lowest BCUT2D eigenvalue weighted by Crippen LogP contribution is -2.49. The molecule has 0 heterocycles. The molecule has 0 bridgehead atoms. The summed E-state index contributed by atoms with van der Waals surface area (Å²) in [5.74, 6) is 0.0855. The van der Waals surface area contributed by atoms with Gasteiger partial charge in [-0.1, -0.05) is 6.92 Å². The second-order valence-corrected chi connectivity index (χ2v) is 5.09. The summed E-state index contributed by atoms with van der Waals surface area (Å²) < 4.78 is 4.85. The average Bonchev–Trinajstić information content (AvgIpc) is 3.10. The molecule has 0 saturated heterocycles. The van der Waals surface area contributed by atoms with E-state index in [1.54, 1.807) is 0 Å². The summed E-state index contributed by atoms with van der Waals surface area (Å²) in [5, 5.41) is 2.85. The Kier molecular flexibility index (Phi) is 5.59. The summed E-state index contributed by atoms with van der Waals surface area (Å²) in [6.07, 6.45) is 2.09. The number of hydrogen-bond acceptors (Lipinski definition) is 4. The van der Waals surface area contributed by atoms with Gasteiger partial charge in [0, 0.05) is 6.04 Å². The van der Waals surface area contributed by atoms with Crippen LogP contribution in [0.3, 0.4) is 0 Å². The molecule has 0 aromatic heterocycles. The molecule has 1 N–H and O–H groups in total. The Morgan fingerprint density at radius 1 is 1.39 bits per heavy atom. The summed E-state index contributed by atoms with van der Waals surface area (Å²) in [5.41, 5.74) is 0. The zero-order chi connectivity index (χ0) is 13.7. The van der Waals surface area contributed by atoms with Crippen molar-refractivity contribution >= 4 is 11.9 Å². The number of nitrogens with zero attached hydrogens (tertiary/aromatic N) is 1. The fraction of sp³-hybridized carbons (Fsp3) is 0.846. The monoisotopic (exact) mass is 256 g/mol. The highest BCUT2D eigenvalue weighted by Gasteiger charge is 2.40. The number of ether oxygens (including phenoxy) is 1. The van der Waals surface area contributed by atoms with Crippen molar-refractivity contribution in [2.24, 2.45) is 5.92 Å². The standard InChI is InChI=1S/C13H24N2O3/c1-5-15(8-11(16)14-9(2)3)12(10-6-7-10)13(17)18-4/h9-10,12H,5-8H2,1-4H3,(H,14,16). The van der Waals surface area contributed by atoms with Gasteiger partial charge in [-0.05, 0) is 39.2 Å². The minimum absolute atomic E-state index is 0.0404. The Hall–Kier alpha value is -1.10. The molecule has 1 rings (SSSR count). The molecule has 5 heteroatoms. The molecule has 0 aliphatic heterocycles. The van der Waals surface area contributed by atoms with Gasteiger partial charge in [-0.2, -0.15) is 0 Å². The number of hydrogen-bond donors (Lipinski definition) is 1. The molecule has 0 radical (unpaired) electrons. The predicted octanol–water partition coefficient (Wildman–Crippen LogP) is 0.784. The van der Waals surface area contributed by atoms with E-state index < -0.39 is 0 Å². The van der Waals surface area contributed by atoms with Gasteiger partial charge in [0.05, 0.1) is 13.7 Å². The summed E-state index contributed by atoms with van der Waals surface area (Å²) in [6, 6.07) is -0.147. The number of amides is 1. The molecule has 1 atom stereocenters. The Morgan fingerprint density at radius 2 is 2.00 bits per heavy atom. The fourth-order valence-corrected chi connectivity index (χ4v) is 2.13. The van der Waals surface area contributed by atoms with Gasteiger partial charge < -0.3 is 10.1 Å². The number of esters is 1. The van der Waals surface area contributed by atoms with E-state index in [0.717, 1.165) is 12.8 Å². The van der Waals surface area contributed by atoms with Crippen LogP contribution < -0.4 is 5.32 Å². The molecule has 104 valence electrons. The second-order valence-electron chi connectivity index (χ2n) is 5.09. The maximum atomic E-state index is 11.8. The van der Waals surface area contributed by atoms with E-state index in [9.17, 15) is 9.59 Å². The zero-order valence-corrected chi connectivity index (χ0v) is 11.7. The van der Waals surface area contributed by atoms with Gasteiger partial charge in [0.25, 0.3) is 0 Å². The van der Waals surface area contributed by atoms with Crippen LogP contribution in [0.5, 0.6) is 0 Å². The number of nitrogens with one attached hydrogen (secondary N) is 1. The lowest BCUT2D eigenvalue weighted by Gasteiger charge is -2.28. The van der Waals surface area contributed by atoms with Crippen LogP contribution >= 0.6 is 0 Å². The number of carbonyl (C=O) groups excluding carboxylic acids is 2. The van der Waals surface area contributed by atoms with Crippen molar-refractivity contribution in [3.8, 4) is 0 Å². The molecule has 5 nitrogen and oxygen atoms in total. The van der Waals surface area contributed by atoms with Crippen molar-refractivity contribution in [3.05, 3.63) is 0 Å². The Morgan fingerprint density at radius 3 is 2.39 bits per heavy atom. The molecule has 1 saturated carbocycles. The molecule has 18 heavy (non-hydrogen) atoms. The Balaban J connectivity index is 2.61. The number of methoxy groups -OCH3 is 1. The van der Waals surface area contributed by atoms with Gasteiger partial charge in [0.2, 0.25) is 5.91 Å². The average molecular weight is 256 g/mol. The maximum Gasteiger partial charge on any atom is 0.323 e. The molecule has 0 aromatic rings. The summed E-state index contributed by atoms with van der Waals surface area (Å²) in [6.45, 7) is 6.73. The van der Waals surface area contributed by atoms with Crippen LogP contribution in [0.4, 0.5) is 0 Å². The molecule has 1 amide bonds. The molecule has 1 aliphatic rings. The minimum Gasteiger partial charge on any atom is -0.468 e. The van der Waals surface area contributed by atoms with Gasteiger partial charge >= 0.3 is 5.97 Å². The SMILES string of the molecule is CCN(CC(=O)NC(C)C)C(C(=O)OC)C1CC1. The lowest BCUT2D eigenvalue weighted by molar-refractivity contribution is -0.148. The molecular weight excluding hydrogens is 232 g/mol. The van der Waals surface area contributed by atoms with Crippen molar-refractivity contribution < 1.29 is 14.3 Å². The smallest absolute Gasteiger partial charge is 0.323 e. The van der Waals surface area contributed by atoms with Gasteiger partial charge in [-0.15, -0.1) is 0 Å². The molecule has 1 fully saturated rings. The third-order valence-corrected chi connectivity index (χ3v) is 3.11. The van der Waals surface area contributed by atoms with E-state index in [2.05, 4.69) is 5.32 Å². The van der Waals surface area contributed by atoms with Crippen LogP contribution in [0.1, 0.15) is 33.6 Å². The van der Waals surface area contributed by atoms with Crippen LogP contribution in [0.25, 0.3) is 0 Å². The molecule has 0 spiro atoms. The van der Waals surface area contributed by atoms with Crippen LogP contribution in [0.2, 0.25) is 0 Å². The topological polar surface area (TPSA) is 58.6 Å². The summed E-state index contributed by atoms with van der Waals surface area (Å²) >= 11 is 0. The number of rotatable bonds is 7. The second kappa shape index (κ2) is 6.73. The largest absolute Gasteiger partial charge is 0.468 e. The number of carbonyl (C=O) groups is 2. The normalized spacial score (nSPS) is 16.8. The summed E-state index contributed by atoms with van der Waals surface area (Å²) in [4.78, 5) is 25.5. The van der Waals surface area contributed by atoms with E-state index in [1.807, 2.05) is 25.7 Å². The zero-order valence-electron chi connectivity index (χ0n) is 11.7. The third-order valence-electron chi connectivity index (χ3n) is 3.11. The molecule has 1 aliphatic carbocycles. The third kappa shape index (κ3) is 4.29. The molecule has 1 unspecified atom stereocenters. The van der Waals surface area contributed by atoms with Crippen LogP contribution in [-0.4, -0.2) is 49.1 Å². The van der Waals surface area contributed by atoms with E-state index in [0.29, 0.717) is 12.5 Å². The van der Waals surface area contributed by atoms with Gasteiger partial charge in [0.15, 0.2) is 0 Å². The van der Waals surface area contributed by atoms with E-state index >= 15 is 0 Å². The van der Waals surface area contributed by atoms with Crippen molar-refractivity contribution in [2.45, 2.75) is 45.7 Å². The number of likely N-dealkylation sites (N-methyl/N-ethyl adjacent to an activating group) is 1. The van der Waals surface area contributed by atoms with Crippen molar-refractivity contribution in [1.82, 2.24) is 10.2 Å². The highest BCUT2D eigenvalue weighted by Crippen LogP contribution is 2.35. The fourth-order valence-electron chi connectivity index (χ4n) is 2.13. The Labute approximate surface area is 109 Å². The first-order valence-electron chi connectivity index (χ1n) is 6.60. The van der Waals surface area contributed by atoms with Crippen LogP contribution in [-0.2, 0) is 14.3 Å². The van der Waals surface area contributed by atoms with Crippen molar-refractivity contribution in [1.29, 1.82) is 0 Å². The first-order valence-corrected chi connectivity index (χ1v) is 6.60. The van der Waals surface area contributed by atoms with E-state index in [-0.39, 0.29) is 30.5 Å². The first kappa shape index (κ1) is 15.0. The van der Waals surface area contributed by atoms with Crippen molar-refractivity contribution in [2.75, 3.05) is 20.2 Å².